The van der Waals surface area contributed by atoms with Crippen molar-refractivity contribution >= 4 is 22.6 Å². The Morgan fingerprint density at radius 1 is 1.03 bits per heavy atom. The lowest BCUT2D eigenvalue weighted by Gasteiger charge is -2.30. The van der Waals surface area contributed by atoms with Gasteiger partial charge < -0.3 is 14.2 Å². The van der Waals surface area contributed by atoms with Crippen LogP contribution in [0.1, 0.15) is 30.3 Å². The number of hydrogen-bond donors (Lipinski definition) is 0. The molecule has 1 fully saturated rings. The summed E-state index contributed by atoms with van der Waals surface area (Å²) in [6.07, 6.45) is 2.06. The number of hydrogen-bond acceptors (Lipinski definition) is 4. The van der Waals surface area contributed by atoms with Gasteiger partial charge in [0, 0.05) is 31.1 Å². The van der Waals surface area contributed by atoms with E-state index in [0.717, 1.165) is 18.4 Å². The van der Waals surface area contributed by atoms with Crippen molar-refractivity contribution in [1.29, 1.82) is 0 Å². The lowest BCUT2D eigenvalue weighted by molar-refractivity contribution is -0.136. The molecule has 2 aromatic carbocycles. The first-order valence-corrected chi connectivity index (χ1v) is 10.6. The van der Waals surface area contributed by atoms with Crippen LogP contribution in [0.5, 0.6) is 0 Å². The normalized spacial score (nSPS) is 16.3. The molecular formula is C25H26N2O4. The van der Waals surface area contributed by atoms with E-state index < -0.39 is 5.97 Å². The van der Waals surface area contributed by atoms with Gasteiger partial charge in [-0.25, -0.2) is 4.79 Å². The molecule has 4 rings (SSSR count). The van der Waals surface area contributed by atoms with Gasteiger partial charge in [-0.2, -0.15) is 0 Å². The maximum atomic E-state index is 13.2. The number of carbonyl (C=O) groups is 2. The van der Waals surface area contributed by atoms with Crippen molar-refractivity contribution in [1.82, 2.24) is 9.47 Å². The van der Waals surface area contributed by atoms with Gasteiger partial charge in [0.2, 0.25) is 0 Å². The van der Waals surface area contributed by atoms with E-state index in [2.05, 4.69) is 6.92 Å². The number of benzene rings is 2. The number of rotatable bonds is 4. The van der Waals surface area contributed by atoms with Gasteiger partial charge in [-0.15, -0.1) is 0 Å². The lowest BCUT2D eigenvalue weighted by Crippen LogP contribution is -2.41. The highest BCUT2D eigenvalue weighted by atomic mass is 16.5. The summed E-state index contributed by atoms with van der Waals surface area (Å²) >= 11 is 0. The van der Waals surface area contributed by atoms with Crippen molar-refractivity contribution in [2.45, 2.75) is 19.8 Å². The minimum atomic E-state index is -0.678. The van der Waals surface area contributed by atoms with Gasteiger partial charge in [0.05, 0.1) is 0 Å². The fourth-order valence-corrected chi connectivity index (χ4v) is 4.30. The molecule has 1 unspecified atom stereocenters. The molecular weight excluding hydrogens is 392 g/mol. The molecule has 6 heteroatoms. The molecule has 1 atom stereocenters. The van der Waals surface area contributed by atoms with E-state index in [1.54, 1.807) is 24.1 Å². The van der Waals surface area contributed by atoms with Gasteiger partial charge in [0.15, 0.2) is 6.61 Å². The van der Waals surface area contributed by atoms with Crippen LogP contribution >= 0.6 is 0 Å². The van der Waals surface area contributed by atoms with E-state index in [9.17, 15) is 14.4 Å². The summed E-state index contributed by atoms with van der Waals surface area (Å²) in [7, 11) is 1.56. The average molecular weight is 418 g/mol. The van der Waals surface area contributed by atoms with Crippen LogP contribution in [-0.2, 0) is 16.6 Å². The molecule has 1 aliphatic rings. The van der Waals surface area contributed by atoms with E-state index in [1.807, 2.05) is 42.5 Å². The molecule has 0 saturated carbocycles. The number of amides is 1. The maximum absolute atomic E-state index is 13.2. The fraction of sp³-hybridized carbons (Fsp3) is 0.320. The van der Waals surface area contributed by atoms with Gasteiger partial charge in [0.1, 0.15) is 5.69 Å². The monoisotopic (exact) mass is 418 g/mol. The quantitative estimate of drug-likeness (QED) is 0.607. The third kappa shape index (κ3) is 4.10. The zero-order valence-electron chi connectivity index (χ0n) is 17.8. The van der Waals surface area contributed by atoms with Crippen LogP contribution in [0.4, 0.5) is 0 Å². The van der Waals surface area contributed by atoms with Crippen LogP contribution in [0, 0.1) is 5.92 Å². The Labute approximate surface area is 181 Å². The van der Waals surface area contributed by atoms with Crippen molar-refractivity contribution in [3.05, 3.63) is 70.6 Å². The summed E-state index contributed by atoms with van der Waals surface area (Å²) in [5, 5.41) is 1.21. The molecule has 6 nitrogen and oxygen atoms in total. The fourth-order valence-electron chi connectivity index (χ4n) is 4.30. The minimum Gasteiger partial charge on any atom is -0.451 e. The second-order valence-electron chi connectivity index (χ2n) is 8.16. The van der Waals surface area contributed by atoms with Crippen molar-refractivity contribution < 1.29 is 14.3 Å². The first-order valence-electron chi connectivity index (χ1n) is 10.6. The molecule has 2 heterocycles. The first-order chi connectivity index (χ1) is 15.0. The molecule has 0 radical (unpaired) electrons. The summed E-state index contributed by atoms with van der Waals surface area (Å²) in [4.78, 5) is 40.4. The van der Waals surface area contributed by atoms with Gasteiger partial charge in [-0.1, -0.05) is 55.5 Å². The highest BCUT2D eigenvalue weighted by Gasteiger charge is 2.25. The second kappa shape index (κ2) is 8.76. The summed E-state index contributed by atoms with van der Waals surface area (Å²) in [5.74, 6) is -0.436. The van der Waals surface area contributed by atoms with Crippen LogP contribution in [0.15, 0.2) is 59.4 Å². The Bertz CT molecular complexity index is 1180. The standard InChI is InChI=1S/C25H26N2O4/c1-17-9-8-14-27(15-17)21(28)16-31-25(30)23-22(18-10-4-3-5-11-18)19-12-6-7-13-20(19)24(29)26(23)2/h3-7,10-13,17H,8-9,14-16H2,1-2H3. The van der Waals surface area contributed by atoms with Crippen LogP contribution in [-0.4, -0.2) is 41.0 Å². The predicted octanol–water partition coefficient (Wildman–Crippen LogP) is 3.62. The molecule has 0 aliphatic carbocycles. The van der Waals surface area contributed by atoms with Crippen molar-refractivity contribution in [3.63, 3.8) is 0 Å². The molecule has 1 aliphatic heterocycles. The molecule has 3 aromatic rings. The van der Waals surface area contributed by atoms with Gasteiger partial charge in [-0.05, 0) is 35.8 Å². The molecule has 0 bridgehead atoms. The largest absolute Gasteiger partial charge is 0.451 e. The van der Waals surface area contributed by atoms with Crippen LogP contribution in [0.25, 0.3) is 21.9 Å². The molecule has 0 N–H and O–H groups in total. The molecule has 160 valence electrons. The smallest absolute Gasteiger partial charge is 0.356 e. The van der Waals surface area contributed by atoms with E-state index in [-0.39, 0.29) is 23.8 Å². The van der Waals surface area contributed by atoms with Gasteiger partial charge in [0.25, 0.3) is 11.5 Å². The number of ether oxygens (including phenoxy) is 1. The minimum absolute atomic E-state index is 0.148. The summed E-state index contributed by atoms with van der Waals surface area (Å²) < 4.78 is 6.76. The number of pyridine rings is 1. The predicted molar refractivity (Wildman–Crippen MR) is 120 cm³/mol. The Morgan fingerprint density at radius 2 is 1.71 bits per heavy atom. The highest BCUT2D eigenvalue weighted by molar-refractivity contribution is 6.07. The number of aromatic nitrogens is 1. The molecule has 1 amide bonds. The van der Waals surface area contributed by atoms with Crippen molar-refractivity contribution in [2.75, 3.05) is 19.7 Å². The lowest BCUT2D eigenvalue weighted by atomic mass is 9.97. The van der Waals surface area contributed by atoms with Crippen molar-refractivity contribution in [3.8, 4) is 11.1 Å². The molecule has 0 spiro atoms. The van der Waals surface area contributed by atoms with Crippen molar-refractivity contribution in [2.24, 2.45) is 13.0 Å². The summed E-state index contributed by atoms with van der Waals surface area (Å²) in [6.45, 7) is 3.15. The van der Waals surface area contributed by atoms with Gasteiger partial charge in [-0.3, -0.25) is 9.59 Å². The Morgan fingerprint density at radius 3 is 2.42 bits per heavy atom. The Hall–Kier alpha value is -3.41. The summed E-state index contributed by atoms with van der Waals surface area (Å²) in [6, 6.07) is 16.7. The molecule has 31 heavy (non-hydrogen) atoms. The number of esters is 1. The summed E-state index contributed by atoms with van der Waals surface area (Å²) in [5.41, 5.74) is 1.30. The highest BCUT2D eigenvalue weighted by Crippen LogP contribution is 2.30. The zero-order chi connectivity index (χ0) is 22.0. The van der Waals surface area contributed by atoms with E-state index in [1.165, 1.54) is 4.57 Å². The Balaban J connectivity index is 1.71. The van der Waals surface area contributed by atoms with Crippen LogP contribution in [0.3, 0.4) is 0 Å². The third-order valence-electron chi connectivity index (χ3n) is 5.90. The van der Waals surface area contributed by atoms with E-state index in [4.69, 9.17) is 4.74 Å². The van der Waals surface area contributed by atoms with Crippen LogP contribution in [0.2, 0.25) is 0 Å². The average Bonchev–Trinajstić information content (AvgIpc) is 2.80. The Kier molecular flexibility index (Phi) is 5.89. The second-order valence-corrected chi connectivity index (χ2v) is 8.16. The SMILES string of the molecule is CC1CCCN(C(=O)COC(=O)c2c(-c3ccccc3)c3ccccc3c(=O)n2C)C1. The first kappa shape index (κ1) is 20.8. The zero-order valence-corrected chi connectivity index (χ0v) is 17.8. The number of piperidine rings is 1. The topological polar surface area (TPSA) is 68.6 Å². The van der Waals surface area contributed by atoms with E-state index in [0.29, 0.717) is 35.3 Å². The number of likely N-dealkylation sites (tertiary alicyclic amines) is 1. The van der Waals surface area contributed by atoms with E-state index >= 15 is 0 Å². The number of carbonyl (C=O) groups excluding carboxylic acids is 2. The maximum Gasteiger partial charge on any atom is 0.356 e. The van der Waals surface area contributed by atoms with Gasteiger partial charge >= 0.3 is 5.97 Å². The number of nitrogens with zero attached hydrogens (tertiary/aromatic N) is 2. The molecule has 1 aromatic heterocycles. The molecule has 1 saturated heterocycles. The third-order valence-corrected chi connectivity index (χ3v) is 5.90. The van der Waals surface area contributed by atoms with Crippen LogP contribution < -0.4 is 5.56 Å². The number of fused-ring (bicyclic) bond motifs is 1.